The molecule has 35 heavy (non-hydrogen) atoms. The number of hydrogen-bond donors (Lipinski definition) is 1. The van der Waals surface area contributed by atoms with E-state index in [0.29, 0.717) is 18.8 Å². The number of rotatable bonds is 6. The molecule has 184 valence electrons. The lowest BCUT2D eigenvalue weighted by Gasteiger charge is -2.44. The smallest absolute Gasteiger partial charge is 0.273 e. The third-order valence-corrected chi connectivity index (χ3v) is 8.14. The zero-order valence-corrected chi connectivity index (χ0v) is 21.1. The van der Waals surface area contributed by atoms with Crippen molar-refractivity contribution in [3.63, 3.8) is 0 Å². The van der Waals surface area contributed by atoms with Crippen molar-refractivity contribution in [1.82, 2.24) is 20.0 Å². The van der Waals surface area contributed by atoms with Gasteiger partial charge in [0, 0.05) is 12.6 Å². The lowest BCUT2D eigenvalue weighted by molar-refractivity contribution is -0.134. The van der Waals surface area contributed by atoms with Crippen LogP contribution in [0.15, 0.2) is 47.8 Å². The van der Waals surface area contributed by atoms with Crippen LogP contribution in [0.1, 0.15) is 61.5 Å². The second-order valence-electron chi connectivity index (χ2n) is 9.72. The van der Waals surface area contributed by atoms with Crippen molar-refractivity contribution in [3.8, 4) is 16.3 Å². The Hall–Kier alpha value is -3.13. The quantitative estimate of drug-likeness (QED) is 0.498. The maximum Gasteiger partial charge on any atom is 0.273 e. The summed E-state index contributed by atoms with van der Waals surface area (Å²) < 4.78 is 7.00. The van der Waals surface area contributed by atoms with Gasteiger partial charge in [0.15, 0.2) is 0 Å². The summed E-state index contributed by atoms with van der Waals surface area (Å²) in [5.74, 6) is 0.470. The largest absolute Gasteiger partial charge is 0.497 e. The molecule has 7 nitrogen and oxygen atoms in total. The van der Waals surface area contributed by atoms with Gasteiger partial charge in [-0.15, -0.1) is 11.3 Å². The van der Waals surface area contributed by atoms with Crippen molar-refractivity contribution in [2.75, 3.05) is 7.11 Å². The number of thiophene rings is 1. The molecule has 1 aliphatic carbocycles. The molecule has 3 aromatic rings. The van der Waals surface area contributed by atoms with E-state index in [9.17, 15) is 9.59 Å². The summed E-state index contributed by atoms with van der Waals surface area (Å²) in [6.45, 7) is 2.51. The van der Waals surface area contributed by atoms with E-state index >= 15 is 0 Å². The van der Waals surface area contributed by atoms with Crippen LogP contribution in [0.5, 0.6) is 5.75 Å². The predicted molar refractivity (Wildman–Crippen MR) is 136 cm³/mol. The Morgan fingerprint density at radius 2 is 1.91 bits per heavy atom. The molecule has 1 N–H and O–H groups in total. The van der Waals surface area contributed by atoms with Crippen molar-refractivity contribution >= 4 is 23.2 Å². The highest BCUT2D eigenvalue weighted by atomic mass is 32.1. The summed E-state index contributed by atoms with van der Waals surface area (Å²) in [6.07, 6.45) is 6.67. The van der Waals surface area contributed by atoms with Gasteiger partial charge in [0.2, 0.25) is 5.91 Å². The van der Waals surface area contributed by atoms with Crippen LogP contribution in [-0.2, 0) is 17.9 Å². The first-order chi connectivity index (χ1) is 17.0. The first-order valence-electron chi connectivity index (χ1n) is 12.4. The molecule has 1 fully saturated rings. The fourth-order valence-corrected chi connectivity index (χ4v) is 5.79. The maximum absolute atomic E-state index is 13.9. The second-order valence-corrected chi connectivity index (χ2v) is 10.7. The van der Waals surface area contributed by atoms with E-state index in [2.05, 4.69) is 5.32 Å². The Bertz CT molecular complexity index is 1180. The van der Waals surface area contributed by atoms with Crippen LogP contribution >= 0.6 is 11.3 Å². The summed E-state index contributed by atoms with van der Waals surface area (Å²) in [5.41, 5.74) is 1.16. The molecule has 0 unspecified atom stereocenters. The Labute approximate surface area is 210 Å². The molecule has 0 radical (unpaired) electrons. The number of ether oxygens (including phenoxy) is 1. The zero-order chi connectivity index (χ0) is 24.4. The van der Waals surface area contributed by atoms with Crippen LogP contribution in [0.25, 0.3) is 10.6 Å². The molecule has 1 aromatic carbocycles. The van der Waals surface area contributed by atoms with Crippen LogP contribution in [0.3, 0.4) is 0 Å². The second kappa shape index (κ2) is 9.85. The van der Waals surface area contributed by atoms with E-state index in [1.165, 1.54) is 12.8 Å². The predicted octanol–water partition coefficient (Wildman–Crippen LogP) is 4.87. The van der Waals surface area contributed by atoms with E-state index in [1.54, 1.807) is 28.0 Å². The van der Waals surface area contributed by atoms with Crippen molar-refractivity contribution in [2.24, 2.45) is 0 Å². The molecule has 8 heteroatoms. The van der Waals surface area contributed by atoms with E-state index < -0.39 is 5.54 Å². The number of hydrogen-bond acceptors (Lipinski definition) is 5. The maximum atomic E-state index is 13.9. The van der Waals surface area contributed by atoms with Gasteiger partial charge in [-0.1, -0.05) is 43.9 Å². The minimum absolute atomic E-state index is 0.106. The molecule has 2 aromatic heterocycles. The number of methoxy groups -OCH3 is 1. The van der Waals surface area contributed by atoms with Crippen molar-refractivity contribution in [2.45, 2.75) is 70.1 Å². The van der Waals surface area contributed by atoms with Crippen molar-refractivity contribution in [1.29, 1.82) is 0 Å². The number of carbonyl (C=O) groups excluding carboxylic acids is 2. The number of fused-ring (bicyclic) bond motifs is 1. The van der Waals surface area contributed by atoms with Gasteiger partial charge in [-0.2, -0.15) is 5.10 Å². The molecule has 1 atom stereocenters. The van der Waals surface area contributed by atoms with Gasteiger partial charge < -0.3 is 15.0 Å². The van der Waals surface area contributed by atoms with E-state index in [4.69, 9.17) is 9.84 Å². The minimum Gasteiger partial charge on any atom is -0.497 e. The van der Waals surface area contributed by atoms with E-state index in [1.807, 2.05) is 54.8 Å². The molecular formula is C27H32N4O3S. The zero-order valence-electron chi connectivity index (χ0n) is 20.3. The van der Waals surface area contributed by atoms with Crippen LogP contribution < -0.4 is 10.1 Å². The molecule has 0 bridgehead atoms. The van der Waals surface area contributed by atoms with Crippen molar-refractivity contribution < 1.29 is 14.3 Å². The van der Waals surface area contributed by atoms with E-state index in [-0.39, 0.29) is 17.9 Å². The Kier molecular flexibility index (Phi) is 6.65. The Morgan fingerprint density at radius 3 is 2.57 bits per heavy atom. The number of aromatic nitrogens is 2. The van der Waals surface area contributed by atoms with Gasteiger partial charge in [0.25, 0.3) is 5.91 Å². The normalized spacial score (nSPS) is 20.9. The SMILES string of the molecule is COc1ccc(CN2C(=O)c3cc(-c4cccs4)nn3C[C@@]2(C)C(=O)NC2CCCCCC2)cc1. The highest BCUT2D eigenvalue weighted by molar-refractivity contribution is 7.13. The molecule has 0 saturated heterocycles. The third-order valence-electron chi connectivity index (χ3n) is 7.25. The highest BCUT2D eigenvalue weighted by Crippen LogP contribution is 2.33. The van der Waals surface area contributed by atoms with Crippen molar-refractivity contribution in [3.05, 3.63) is 59.1 Å². The summed E-state index contributed by atoms with van der Waals surface area (Å²) in [6, 6.07) is 13.6. The van der Waals surface area contributed by atoms with Crippen LogP contribution in [0.2, 0.25) is 0 Å². The summed E-state index contributed by atoms with van der Waals surface area (Å²) in [5, 5.41) is 10.0. The van der Waals surface area contributed by atoms with Crippen LogP contribution in [0, 0.1) is 0 Å². The van der Waals surface area contributed by atoms with Gasteiger partial charge in [-0.3, -0.25) is 14.3 Å². The first kappa shape index (κ1) is 23.6. The summed E-state index contributed by atoms with van der Waals surface area (Å²) in [7, 11) is 1.63. The topological polar surface area (TPSA) is 76.5 Å². The average molecular weight is 493 g/mol. The molecule has 2 amide bonds. The van der Waals surface area contributed by atoms with Gasteiger partial charge in [0.1, 0.15) is 22.7 Å². The number of amides is 2. The number of nitrogens with one attached hydrogen (secondary N) is 1. The van der Waals surface area contributed by atoms with Gasteiger partial charge in [0.05, 0.1) is 18.5 Å². The van der Waals surface area contributed by atoms with Crippen LogP contribution in [0.4, 0.5) is 0 Å². The van der Waals surface area contributed by atoms with E-state index in [0.717, 1.165) is 47.6 Å². The summed E-state index contributed by atoms with van der Waals surface area (Å²) >= 11 is 1.59. The Morgan fingerprint density at radius 1 is 1.17 bits per heavy atom. The molecule has 0 spiro atoms. The first-order valence-corrected chi connectivity index (χ1v) is 13.2. The van der Waals surface area contributed by atoms with Gasteiger partial charge in [-0.05, 0) is 55.0 Å². The third kappa shape index (κ3) is 4.72. The standard InChI is InChI=1S/C27H32N4O3S/c1-27(26(33)28-20-8-5-3-4-6-9-20)18-31-23(16-22(29-31)24-10-7-15-35-24)25(32)30(27)17-19-11-13-21(34-2)14-12-19/h7,10-16,20H,3-6,8-9,17-18H2,1-2H3,(H,28,33)/t27-/m0/s1. The summed E-state index contributed by atoms with van der Waals surface area (Å²) in [4.78, 5) is 30.4. The molecule has 3 heterocycles. The lowest BCUT2D eigenvalue weighted by Crippen LogP contribution is -2.64. The molecule has 2 aliphatic rings. The average Bonchev–Trinajstić information content (AvgIpc) is 3.47. The monoisotopic (exact) mass is 492 g/mol. The number of benzene rings is 1. The lowest BCUT2D eigenvalue weighted by atomic mass is 9.93. The molecular weight excluding hydrogens is 460 g/mol. The Balaban J connectivity index is 1.48. The molecule has 5 rings (SSSR count). The fourth-order valence-electron chi connectivity index (χ4n) is 5.11. The van der Waals surface area contributed by atoms with Gasteiger partial charge >= 0.3 is 0 Å². The minimum atomic E-state index is -1.06. The highest BCUT2D eigenvalue weighted by Gasteiger charge is 2.48. The van der Waals surface area contributed by atoms with Crippen LogP contribution in [-0.4, -0.2) is 45.2 Å². The number of nitrogens with zero attached hydrogens (tertiary/aromatic N) is 3. The fraction of sp³-hybridized carbons (Fsp3) is 0.444. The molecule has 1 saturated carbocycles. The van der Waals surface area contributed by atoms with Gasteiger partial charge in [-0.25, -0.2) is 0 Å². The number of carbonyl (C=O) groups is 2. The molecule has 1 aliphatic heterocycles.